The van der Waals surface area contributed by atoms with Gasteiger partial charge in [-0.1, -0.05) is 41.7 Å². The first kappa shape index (κ1) is 15.2. The molecule has 114 valence electrons. The molecular formula is C18H17N4S+. The molecule has 0 saturated heterocycles. The minimum Gasteiger partial charge on any atom is -0.365 e. The number of H-pyrrole nitrogens is 1. The van der Waals surface area contributed by atoms with Gasteiger partial charge in [-0.25, -0.2) is 4.98 Å². The van der Waals surface area contributed by atoms with Crippen LogP contribution in [0.4, 0.5) is 5.82 Å². The number of nitrogens with zero attached hydrogens (tertiary/aromatic N) is 2. The third-order valence-electron chi connectivity index (χ3n) is 3.59. The lowest BCUT2D eigenvalue weighted by molar-refractivity contribution is -0.366. The van der Waals surface area contributed by atoms with E-state index in [-0.39, 0.29) is 0 Å². The standard InChI is InChI=1S/C18H16N4S/c1-12-16(17-11-23-13(2)22-17)8-15(9-19)18(21-12)20-10-14-6-4-3-5-7-14/h3-8,11H,10H2,1-2H3,(H,20,21)/p+1. The minimum absolute atomic E-state index is 0.554. The second kappa shape index (κ2) is 6.59. The van der Waals surface area contributed by atoms with Crippen LogP contribution in [-0.2, 0) is 6.54 Å². The van der Waals surface area contributed by atoms with E-state index in [1.807, 2.05) is 50.2 Å². The van der Waals surface area contributed by atoms with Crippen LogP contribution < -0.4 is 10.3 Å². The Kier molecular flexibility index (Phi) is 4.35. The first-order valence-electron chi connectivity index (χ1n) is 7.34. The molecule has 0 saturated carbocycles. The summed E-state index contributed by atoms with van der Waals surface area (Å²) in [4.78, 5) is 7.91. The number of thiazole rings is 1. The van der Waals surface area contributed by atoms with Crippen LogP contribution in [0.3, 0.4) is 0 Å². The molecule has 4 nitrogen and oxygen atoms in total. The maximum Gasteiger partial charge on any atom is 0.232 e. The summed E-state index contributed by atoms with van der Waals surface area (Å²) in [5, 5.41) is 15.9. The Bertz CT molecular complexity index is 862. The predicted molar refractivity (Wildman–Crippen MR) is 92.1 cm³/mol. The Labute approximate surface area is 139 Å². The van der Waals surface area contributed by atoms with Crippen molar-refractivity contribution in [3.05, 3.63) is 63.6 Å². The molecule has 3 aromatic rings. The molecule has 0 atom stereocenters. The van der Waals surface area contributed by atoms with E-state index in [1.54, 1.807) is 11.3 Å². The van der Waals surface area contributed by atoms with Gasteiger partial charge in [-0.15, -0.1) is 0 Å². The average Bonchev–Trinajstić information content (AvgIpc) is 3.00. The Morgan fingerprint density at radius 3 is 2.70 bits per heavy atom. The van der Waals surface area contributed by atoms with Crippen molar-refractivity contribution >= 4 is 17.2 Å². The lowest BCUT2D eigenvalue weighted by Gasteiger charge is -2.10. The van der Waals surface area contributed by atoms with Crippen molar-refractivity contribution in [1.82, 2.24) is 4.98 Å². The molecule has 0 aliphatic heterocycles. The quantitative estimate of drug-likeness (QED) is 0.796. The van der Waals surface area contributed by atoms with Crippen LogP contribution in [0.2, 0.25) is 0 Å². The fraction of sp³-hybridized carbons (Fsp3) is 0.167. The van der Waals surface area contributed by atoms with Gasteiger partial charge in [0.05, 0.1) is 22.2 Å². The third-order valence-corrected chi connectivity index (χ3v) is 4.40. The zero-order valence-electron chi connectivity index (χ0n) is 13.1. The Balaban J connectivity index is 1.90. The lowest BCUT2D eigenvalue weighted by atomic mass is 10.1. The van der Waals surface area contributed by atoms with E-state index < -0.39 is 0 Å². The second-order valence-corrected chi connectivity index (χ2v) is 6.38. The summed E-state index contributed by atoms with van der Waals surface area (Å²) in [5.74, 6) is 0.629. The van der Waals surface area contributed by atoms with Crippen molar-refractivity contribution in [2.45, 2.75) is 20.4 Å². The minimum atomic E-state index is 0.554. The molecule has 23 heavy (non-hydrogen) atoms. The smallest absolute Gasteiger partial charge is 0.232 e. The molecule has 0 fully saturated rings. The van der Waals surface area contributed by atoms with Crippen molar-refractivity contribution in [2.75, 3.05) is 5.32 Å². The topological polar surface area (TPSA) is 62.9 Å². The van der Waals surface area contributed by atoms with Crippen LogP contribution >= 0.6 is 11.3 Å². The van der Waals surface area contributed by atoms with E-state index >= 15 is 0 Å². The summed E-state index contributed by atoms with van der Waals surface area (Å²) < 4.78 is 0. The Morgan fingerprint density at radius 1 is 1.26 bits per heavy atom. The maximum atomic E-state index is 9.45. The number of benzene rings is 1. The molecule has 2 heterocycles. The van der Waals surface area contributed by atoms with Gasteiger partial charge >= 0.3 is 0 Å². The number of aromatic nitrogens is 2. The van der Waals surface area contributed by atoms with Crippen molar-refractivity contribution in [3.8, 4) is 17.3 Å². The molecule has 2 N–H and O–H groups in total. The summed E-state index contributed by atoms with van der Waals surface area (Å²) in [7, 11) is 0. The molecule has 0 amide bonds. The number of hydrogen-bond donors (Lipinski definition) is 1. The van der Waals surface area contributed by atoms with Crippen molar-refractivity contribution in [1.29, 1.82) is 5.26 Å². The van der Waals surface area contributed by atoms with Gasteiger partial charge in [0, 0.05) is 13.5 Å². The van der Waals surface area contributed by atoms with Gasteiger partial charge in [0.15, 0.2) is 0 Å². The van der Waals surface area contributed by atoms with Gasteiger partial charge in [0.2, 0.25) is 10.7 Å². The molecule has 0 spiro atoms. The number of pyridine rings is 1. The molecule has 0 radical (unpaired) electrons. The van der Waals surface area contributed by atoms with Crippen LogP contribution in [0.1, 0.15) is 21.8 Å². The highest BCUT2D eigenvalue weighted by atomic mass is 32.1. The van der Waals surface area contributed by atoms with Gasteiger partial charge in [-0.3, -0.25) is 0 Å². The van der Waals surface area contributed by atoms with Crippen molar-refractivity contribution < 1.29 is 4.98 Å². The van der Waals surface area contributed by atoms with E-state index in [4.69, 9.17) is 0 Å². The maximum absolute atomic E-state index is 9.45. The normalized spacial score (nSPS) is 10.3. The van der Waals surface area contributed by atoms with E-state index in [9.17, 15) is 5.26 Å². The molecule has 3 rings (SSSR count). The monoisotopic (exact) mass is 321 g/mol. The van der Waals surface area contributed by atoms with E-state index in [0.29, 0.717) is 17.9 Å². The number of aryl methyl sites for hydroxylation is 2. The van der Waals surface area contributed by atoms with Gasteiger partial charge < -0.3 is 5.32 Å². The number of nitriles is 1. The predicted octanol–water partition coefficient (Wildman–Crippen LogP) is 3.72. The number of aromatic amines is 1. The van der Waals surface area contributed by atoms with Gasteiger partial charge in [-0.2, -0.15) is 10.2 Å². The average molecular weight is 321 g/mol. The van der Waals surface area contributed by atoms with Crippen LogP contribution in [0, 0.1) is 25.2 Å². The summed E-state index contributed by atoms with van der Waals surface area (Å²) in [5.41, 5.74) is 4.58. The number of hydrogen-bond acceptors (Lipinski definition) is 4. The molecule has 0 bridgehead atoms. The first-order valence-corrected chi connectivity index (χ1v) is 8.22. The van der Waals surface area contributed by atoms with Gasteiger partial charge in [0.1, 0.15) is 11.9 Å². The van der Waals surface area contributed by atoms with Crippen LogP contribution in [0.25, 0.3) is 11.3 Å². The summed E-state index contributed by atoms with van der Waals surface area (Å²) >= 11 is 1.65. The molecular weight excluding hydrogens is 304 g/mol. The zero-order valence-corrected chi connectivity index (χ0v) is 13.9. The fourth-order valence-electron chi connectivity index (χ4n) is 2.41. The molecule has 0 aliphatic carbocycles. The number of nitrogens with one attached hydrogen (secondary N) is 2. The Hall–Kier alpha value is -2.71. The number of rotatable bonds is 4. The van der Waals surface area contributed by atoms with Crippen LogP contribution in [0.5, 0.6) is 0 Å². The molecule has 0 unspecified atom stereocenters. The fourth-order valence-corrected chi connectivity index (χ4v) is 3.06. The molecule has 2 aromatic heterocycles. The summed E-state index contributed by atoms with van der Waals surface area (Å²) in [6.45, 7) is 4.63. The van der Waals surface area contributed by atoms with E-state index in [2.05, 4.69) is 26.7 Å². The highest BCUT2D eigenvalue weighted by Crippen LogP contribution is 2.25. The Morgan fingerprint density at radius 2 is 2.04 bits per heavy atom. The van der Waals surface area contributed by atoms with Crippen LogP contribution in [-0.4, -0.2) is 4.98 Å². The summed E-state index contributed by atoms with van der Waals surface area (Å²) in [6, 6.07) is 14.2. The van der Waals surface area contributed by atoms with Crippen molar-refractivity contribution in [2.24, 2.45) is 0 Å². The number of anilines is 1. The highest BCUT2D eigenvalue weighted by Gasteiger charge is 2.16. The second-order valence-electron chi connectivity index (χ2n) is 5.30. The summed E-state index contributed by atoms with van der Waals surface area (Å²) in [6.07, 6.45) is 0. The largest absolute Gasteiger partial charge is 0.365 e. The van der Waals surface area contributed by atoms with Crippen molar-refractivity contribution in [3.63, 3.8) is 0 Å². The highest BCUT2D eigenvalue weighted by molar-refractivity contribution is 7.09. The SMILES string of the molecule is Cc1[nH+]c(-c2cc(C#N)c(NCc3ccccc3)nc2C)cs1. The third kappa shape index (κ3) is 3.38. The van der Waals surface area contributed by atoms with E-state index in [1.165, 1.54) is 0 Å². The zero-order chi connectivity index (χ0) is 16.2. The molecule has 1 aromatic carbocycles. The van der Waals surface area contributed by atoms with Gasteiger partial charge in [0.25, 0.3) is 0 Å². The lowest BCUT2D eigenvalue weighted by Crippen LogP contribution is -2.08. The molecule has 0 aliphatic rings. The molecule has 5 heteroatoms. The van der Waals surface area contributed by atoms with Crippen LogP contribution in [0.15, 0.2) is 41.8 Å². The first-order chi connectivity index (χ1) is 11.2. The van der Waals surface area contributed by atoms with E-state index in [0.717, 1.165) is 27.5 Å². The van der Waals surface area contributed by atoms with Gasteiger partial charge in [-0.05, 0) is 18.6 Å².